The Hall–Kier alpha value is -6.36. The van der Waals surface area contributed by atoms with Gasteiger partial charge in [0.25, 0.3) is 0 Å². The topological polar surface area (TPSA) is 26.0 Å². The zero-order chi connectivity index (χ0) is 44.2. The fourth-order valence-corrected chi connectivity index (χ4v) is 6.04. The molecule has 0 amide bonds. The largest absolute Gasteiger partial charge is 0.252 e. The van der Waals surface area contributed by atoms with E-state index in [-0.39, 0.29) is 0 Å². The standard InChI is InChI=1S/C24BF20.C11H11N2O/c26-5-1(6(27)14(35)21(42)13(5)34)25(2-7(28)15(36)22(43)16(37)8(2)29,3-9(30)17(38)23(44)18(39)10(3)31)4-11(32)19(40)24(45)20(41)12(4)33;1-10-3-2-4-11(9-10)14-13-7-5-12-6-8-13/h;2-9H,1H3/q-1;+1. The summed E-state index contributed by atoms with van der Waals surface area (Å²) in [7, 11) is 0. The first-order valence-electron chi connectivity index (χ1n) is 15.3. The van der Waals surface area contributed by atoms with Crippen LogP contribution >= 0.6 is 0 Å². The lowest BCUT2D eigenvalue weighted by Gasteiger charge is -2.44. The van der Waals surface area contributed by atoms with Crippen molar-refractivity contribution >= 4 is 28.0 Å². The van der Waals surface area contributed by atoms with E-state index in [9.17, 15) is 52.7 Å². The zero-order valence-corrected chi connectivity index (χ0v) is 28.1. The molecule has 59 heavy (non-hydrogen) atoms. The fraction of sp³-hybridized carbons (Fsp3) is 0.0286. The number of hydrogen-bond acceptors (Lipinski definition) is 2. The van der Waals surface area contributed by atoms with Crippen molar-refractivity contribution < 1.29 is 97.4 Å². The summed E-state index contributed by atoms with van der Waals surface area (Å²) >= 11 is 0. The van der Waals surface area contributed by atoms with Gasteiger partial charge < -0.3 is 0 Å². The van der Waals surface area contributed by atoms with Crippen LogP contribution < -0.4 is 31.4 Å². The van der Waals surface area contributed by atoms with Gasteiger partial charge in [-0.05, 0) is 24.6 Å². The Bertz CT molecular complexity index is 2280. The molecule has 1 aromatic heterocycles. The highest BCUT2D eigenvalue weighted by Crippen LogP contribution is 2.30. The molecular weight excluding hydrogens is 855 g/mol. The van der Waals surface area contributed by atoms with Gasteiger partial charge >= 0.3 is 0 Å². The molecule has 0 fully saturated rings. The van der Waals surface area contributed by atoms with Gasteiger partial charge in [-0.15, -0.1) is 21.9 Å². The summed E-state index contributed by atoms with van der Waals surface area (Å²) in [6.45, 7) is 2.03. The molecule has 0 aliphatic rings. The summed E-state index contributed by atoms with van der Waals surface area (Å²) in [5.74, 6) is -70.6. The average molecular weight is 866 g/mol. The Labute approximate surface area is 314 Å². The molecule has 0 saturated heterocycles. The molecule has 1 heterocycles. The van der Waals surface area contributed by atoms with Crippen molar-refractivity contribution in [2.75, 3.05) is 0 Å². The lowest BCUT2D eigenvalue weighted by Crippen LogP contribution is -2.81. The summed E-state index contributed by atoms with van der Waals surface area (Å²) in [5, 5.41) is 0. The highest BCUT2D eigenvalue weighted by Gasteiger charge is 2.52. The number of aryl methyl sites for hydroxylation is 1. The number of halogens is 20. The minimum Gasteiger partial charge on any atom is -0.252 e. The van der Waals surface area contributed by atoms with Crippen LogP contribution in [0.3, 0.4) is 0 Å². The van der Waals surface area contributed by atoms with Crippen LogP contribution in [0.1, 0.15) is 5.56 Å². The van der Waals surface area contributed by atoms with Crippen molar-refractivity contribution in [1.82, 2.24) is 4.98 Å². The molecule has 6 aromatic rings. The van der Waals surface area contributed by atoms with E-state index in [1.807, 2.05) is 31.2 Å². The van der Waals surface area contributed by atoms with E-state index in [0.29, 0.717) is 0 Å². The van der Waals surface area contributed by atoms with Crippen LogP contribution in [0.15, 0.2) is 49.1 Å². The lowest BCUT2D eigenvalue weighted by molar-refractivity contribution is -0.875. The second-order valence-corrected chi connectivity index (χ2v) is 11.8. The molecular formula is C35H11BF20N2O. The molecule has 0 aliphatic carbocycles. The third-order valence-electron chi connectivity index (χ3n) is 8.51. The second-order valence-electron chi connectivity index (χ2n) is 11.8. The summed E-state index contributed by atoms with van der Waals surface area (Å²) in [6.07, 6.45) is -0.360. The molecule has 3 nitrogen and oxygen atoms in total. The van der Waals surface area contributed by atoms with Crippen LogP contribution in [0.25, 0.3) is 0 Å². The number of rotatable bonds is 6. The summed E-state index contributed by atoms with van der Waals surface area (Å²) in [4.78, 5) is 9.44. The van der Waals surface area contributed by atoms with Crippen molar-refractivity contribution in [1.29, 1.82) is 0 Å². The van der Waals surface area contributed by atoms with Crippen LogP contribution in [0.2, 0.25) is 0 Å². The lowest BCUT2D eigenvalue weighted by atomic mass is 9.12. The van der Waals surface area contributed by atoms with Crippen molar-refractivity contribution in [2.45, 2.75) is 6.92 Å². The van der Waals surface area contributed by atoms with Crippen LogP contribution in [-0.2, 0) is 0 Å². The molecule has 6 rings (SSSR count). The molecule has 0 radical (unpaired) electrons. The Kier molecular flexibility index (Phi) is 12.0. The van der Waals surface area contributed by atoms with Crippen LogP contribution in [-0.4, -0.2) is 11.1 Å². The third-order valence-corrected chi connectivity index (χ3v) is 8.51. The van der Waals surface area contributed by atoms with E-state index in [1.165, 1.54) is 5.56 Å². The maximum atomic E-state index is 15.4. The minimum atomic E-state index is -7.22. The van der Waals surface area contributed by atoms with Gasteiger partial charge in [0.05, 0.1) is 12.4 Å². The maximum absolute atomic E-state index is 15.4. The van der Waals surface area contributed by atoms with Crippen molar-refractivity contribution in [3.05, 3.63) is 171 Å². The van der Waals surface area contributed by atoms with Gasteiger partial charge in [0, 0.05) is 4.73 Å². The van der Waals surface area contributed by atoms with Gasteiger partial charge in [0.2, 0.25) is 18.1 Å². The fourth-order valence-electron chi connectivity index (χ4n) is 6.04. The smallest absolute Gasteiger partial charge is 0.241 e. The van der Waals surface area contributed by atoms with E-state index in [2.05, 4.69) is 4.98 Å². The highest BCUT2D eigenvalue weighted by atomic mass is 19.2. The number of benzene rings is 5. The number of hydrogen-bond donors (Lipinski definition) is 0. The van der Waals surface area contributed by atoms with Gasteiger partial charge in [0.15, 0.2) is 69.8 Å². The van der Waals surface area contributed by atoms with Crippen molar-refractivity contribution in [3.8, 4) is 5.75 Å². The van der Waals surface area contributed by atoms with Gasteiger partial charge in [-0.1, -0.05) is 12.1 Å². The monoisotopic (exact) mass is 866 g/mol. The first kappa shape index (κ1) is 43.8. The third kappa shape index (κ3) is 6.92. The van der Waals surface area contributed by atoms with E-state index < -0.39 is 144 Å². The Morgan fingerprint density at radius 3 is 0.898 bits per heavy atom. The first-order valence-corrected chi connectivity index (χ1v) is 15.3. The number of nitrogens with zero attached hydrogens (tertiary/aromatic N) is 2. The highest BCUT2D eigenvalue weighted by molar-refractivity contribution is 7.20. The molecule has 0 bridgehead atoms. The van der Waals surface area contributed by atoms with Crippen molar-refractivity contribution in [3.63, 3.8) is 0 Å². The molecule has 0 aliphatic heterocycles. The summed E-state index contributed by atoms with van der Waals surface area (Å²) in [6, 6.07) is 7.89. The van der Waals surface area contributed by atoms with E-state index in [0.717, 1.165) is 5.75 Å². The zero-order valence-electron chi connectivity index (χ0n) is 28.1. The Morgan fingerprint density at radius 2 is 0.644 bits per heavy atom. The second kappa shape index (κ2) is 16.1. The predicted molar refractivity (Wildman–Crippen MR) is 161 cm³/mol. The van der Waals surface area contributed by atoms with Crippen LogP contribution in [0.4, 0.5) is 87.8 Å². The molecule has 5 aromatic carbocycles. The molecule has 0 atom stereocenters. The van der Waals surface area contributed by atoms with E-state index in [1.54, 1.807) is 29.5 Å². The van der Waals surface area contributed by atoms with Crippen LogP contribution in [0.5, 0.6) is 5.75 Å². The molecule has 0 spiro atoms. The van der Waals surface area contributed by atoms with E-state index >= 15 is 35.1 Å². The van der Waals surface area contributed by atoms with Gasteiger partial charge in [-0.25, -0.2) is 92.6 Å². The molecule has 0 N–H and O–H groups in total. The number of aromatic nitrogens is 2. The van der Waals surface area contributed by atoms with Crippen LogP contribution in [0, 0.1) is 123 Å². The predicted octanol–water partition coefficient (Wildman–Crippen LogP) is 7.37. The summed E-state index contributed by atoms with van der Waals surface area (Å²) in [5.41, 5.74) is -13.2. The summed E-state index contributed by atoms with van der Waals surface area (Å²) < 4.78 is 296. The molecule has 0 saturated carbocycles. The molecule has 0 unspecified atom stereocenters. The maximum Gasteiger partial charge on any atom is 0.241 e. The van der Waals surface area contributed by atoms with Gasteiger partial charge in [-0.2, -0.15) is 0 Å². The Balaban J connectivity index is 0.000000395. The SMILES string of the molecule is Cc1cccc(O[n+]2ccncc2)c1.Fc1c(F)c(F)c([B-](c2c(F)c(F)c(F)c(F)c2F)(c2c(F)c(F)c(F)c(F)c2F)c2c(F)c(F)c(F)c(F)c2F)c(F)c1F. The quantitative estimate of drug-likeness (QED) is 0.0576. The van der Waals surface area contributed by atoms with Crippen molar-refractivity contribution in [2.24, 2.45) is 0 Å². The Morgan fingerprint density at radius 1 is 0.390 bits per heavy atom. The van der Waals surface area contributed by atoms with E-state index in [4.69, 9.17) is 4.84 Å². The van der Waals surface area contributed by atoms with Gasteiger partial charge in [-0.3, -0.25) is 4.98 Å². The average Bonchev–Trinajstić information content (AvgIpc) is 3.21. The minimum absolute atomic E-state index is 0.821. The molecule has 24 heteroatoms. The first-order chi connectivity index (χ1) is 27.5. The normalized spacial score (nSPS) is 11.5. The van der Waals surface area contributed by atoms with Gasteiger partial charge in [0.1, 0.15) is 52.7 Å². The molecule has 310 valence electrons.